The second-order valence-corrected chi connectivity index (χ2v) is 7.66. The molecule has 2 nitrogen and oxygen atoms in total. The molecule has 0 amide bonds. The molecule has 0 bridgehead atoms. The molecule has 127 valence electrons. The van der Waals surface area contributed by atoms with E-state index in [4.69, 9.17) is 0 Å². The Morgan fingerprint density at radius 2 is 1.78 bits per heavy atom. The fraction of sp³-hybridized carbons (Fsp3) is 0.714. The molecule has 1 aromatic carbocycles. The van der Waals surface area contributed by atoms with Crippen LogP contribution in [0.1, 0.15) is 69.3 Å². The minimum absolute atomic E-state index is 0.787. The first kappa shape index (κ1) is 16.8. The van der Waals surface area contributed by atoms with E-state index < -0.39 is 0 Å². The van der Waals surface area contributed by atoms with E-state index in [1.807, 2.05) is 0 Å². The number of nitrogens with zero attached hydrogens (tertiary/aromatic N) is 2. The van der Waals surface area contributed by atoms with Crippen molar-refractivity contribution < 1.29 is 0 Å². The SMILES string of the molecule is CN(CCCN(C)C1CCCCC1)c1cc[c]cc1C1CCC1. The van der Waals surface area contributed by atoms with Gasteiger partial charge in [0.05, 0.1) is 0 Å². The molecule has 0 heterocycles. The zero-order valence-corrected chi connectivity index (χ0v) is 15.1. The molecule has 2 aliphatic carbocycles. The highest BCUT2D eigenvalue weighted by Gasteiger charge is 2.23. The lowest BCUT2D eigenvalue weighted by Gasteiger charge is -2.33. The molecule has 0 aromatic heterocycles. The molecule has 0 atom stereocenters. The van der Waals surface area contributed by atoms with Gasteiger partial charge in [-0.25, -0.2) is 0 Å². The normalized spacial score (nSPS) is 19.8. The predicted molar refractivity (Wildman–Crippen MR) is 99.3 cm³/mol. The molecule has 0 aliphatic heterocycles. The molecule has 3 rings (SSSR count). The van der Waals surface area contributed by atoms with Crippen LogP contribution in [0.3, 0.4) is 0 Å². The lowest BCUT2D eigenvalue weighted by molar-refractivity contribution is 0.191. The van der Waals surface area contributed by atoms with Gasteiger partial charge in [-0.15, -0.1) is 0 Å². The summed E-state index contributed by atoms with van der Waals surface area (Å²) in [6, 6.07) is 10.7. The minimum atomic E-state index is 0.787. The van der Waals surface area contributed by atoms with E-state index in [2.05, 4.69) is 48.2 Å². The topological polar surface area (TPSA) is 6.48 Å². The van der Waals surface area contributed by atoms with E-state index in [-0.39, 0.29) is 0 Å². The summed E-state index contributed by atoms with van der Waals surface area (Å²) in [6.45, 7) is 2.38. The lowest BCUT2D eigenvalue weighted by atomic mass is 9.79. The summed E-state index contributed by atoms with van der Waals surface area (Å²) in [4.78, 5) is 5.08. The van der Waals surface area contributed by atoms with E-state index in [1.54, 1.807) is 0 Å². The number of rotatable bonds is 7. The van der Waals surface area contributed by atoms with Gasteiger partial charge in [-0.3, -0.25) is 0 Å². The van der Waals surface area contributed by atoms with Gasteiger partial charge in [0, 0.05) is 25.3 Å². The van der Waals surface area contributed by atoms with E-state index in [0.29, 0.717) is 0 Å². The summed E-state index contributed by atoms with van der Waals surface area (Å²) in [7, 11) is 4.59. The molecule has 2 saturated carbocycles. The lowest BCUT2D eigenvalue weighted by Crippen LogP contribution is -2.35. The van der Waals surface area contributed by atoms with Crippen LogP contribution in [0.25, 0.3) is 0 Å². The molecule has 2 fully saturated rings. The van der Waals surface area contributed by atoms with Crippen molar-refractivity contribution in [1.29, 1.82) is 0 Å². The van der Waals surface area contributed by atoms with Crippen LogP contribution in [0.4, 0.5) is 5.69 Å². The fourth-order valence-corrected chi connectivity index (χ4v) is 4.21. The first-order valence-electron chi connectivity index (χ1n) is 9.67. The number of hydrogen-bond donors (Lipinski definition) is 0. The van der Waals surface area contributed by atoms with Crippen LogP contribution in [0.5, 0.6) is 0 Å². The highest BCUT2D eigenvalue weighted by molar-refractivity contribution is 5.54. The van der Waals surface area contributed by atoms with Crippen molar-refractivity contribution in [2.75, 3.05) is 32.1 Å². The van der Waals surface area contributed by atoms with Gasteiger partial charge in [-0.2, -0.15) is 0 Å². The molecule has 0 N–H and O–H groups in total. The van der Waals surface area contributed by atoms with Gasteiger partial charge < -0.3 is 9.80 Å². The third kappa shape index (κ3) is 4.29. The van der Waals surface area contributed by atoms with Gasteiger partial charge in [-0.1, -0.05) is 31.7 Å². The maximum absolute atomic E-state index is 3.29. The Morgan fingerprint density at radius 3 is 2.48 bits per heavy atom. The summed E-state index contributed by atoms with van der Waals surface area (Å²) in [5.41, 5.74) is 2.97. The number of anilines is 1. The molecule has 2 heteroatoms. The van der Waals surface area contributed by atoms with E-state index >= 15 is 0 Å². The Morgan fingerprint density at radius 1 is 1.00 bits per heavy atom. The number of hydrogen-bond acceptors (Lipinski definition) is 2. The minimum Gasteiger partial charge on any atom is -0.374 e. The Hall–Kier alpha value is -1.02. The molecule has 23 heavy (non-hydrogen) atoms. The highest BCUT2D eigenvalue weighted by Crippen LogP contribution is 2.40. The molecule has 0 unspecified atom stereocenters. The van der Waals surface area contributed by atoms with Crippen LogP contribution < -0.4 is 4.90 Å². The van der Waals surface area contributed by atoms with Gasteiger partial charge >= 0.3 is 0 Å². The Labute approximate surface area is 142 Å². The van der Waals surface area contributed by atoms with Crippen LogP contribution in [-0.4, -0.2) is 38.1 Å². The average molecular weight is 314 g/mol. The highest BCUT2D eigenvalue weighted by atomic mass is 15.1. The molecular weight excluding hydrogens is 280 g/mol. The Balaban J connectivity index is 1.48. The summed E-state index contributed by atoms with van der Waals surface area (Å²) >= 11 is 0. The summed E-state index contributed by atoms with van der Waals surface area (Å²) in [5, 5.41) is 0. The fourth-order valence-electron chi connectivity index (χ4n) is 4.21. The van der Waals surface area contributed by atoms with E-state index in [0.717, 1.165) is 18.5 Å². The average Bonchev–Trinajstić information content (AvgIpc) is 2.54. The van der Waals surface area contributed by atoms with Crippen LogP contribution in [0.2, 0.25) is 0 Å². The molecule has 1 aromatic rings. The molecule has 0 spiro atoms. The first-order valence-corrected chi connectivity index (χ1v) is 9.67. The van der Waals surface area contributed by atoms with Crippen LogP contribution >= 0.6 is 0 Å². The zero-order chi connectivity index (χ0) is 16.1. The van der Waals surface area contributed by atoms with Crippen LogP contribution in [0.15, 0.2) is 18.2 Å². The second-order valence-electron chi connectivity index (χ2n) is 7.66. The van der Waals surface area contributed by atoms with Crippen molar-refractivity contribution in [2.24, 2.45) is 0 Å². The van der Waals surface area contributed by atoms with Gasteiger partial charge in [0.2, 0.25) is 0 Å². The molecule has 0 saturated heterocycles. The van der Waals surface area contributed by atoms with Gasteiger partial charge in [0.25, 0.3) is 0 Å². The van der Waals surface area contributed by atoms with Crippen LogP contribution in [-0.2, 0) is 0 Å². The standard InChI is InChI=1S/C21H33N2/c1-22(19-12-4-3-5-13-19)16-9-17-23(2)21-15-7-6-14-20(21)18-10-8-11-18/h7,14-15,18-19H,3-5,8-13,16-17H2,1-2H3. The van der Waals surface area contributed by atoms with Crippen LogP contribution in [0, 0.1) is 6.07 Å². The Kier molecular flexibility index (Phi) is 5.99. The van der Waals surface area contributed by atoms with Crippen molar-refractivity contribution >= 4 is 5.69 Å². The smallest absolute Gasteiger partial charge is 0.0399 e. The second kappa shape index (κ2) is 8.19. The molecular formula is C21H33N2. The van der Waals surface area contributed by atoms with Gasteiger partial charge in [0.1, 0.15) is 0 Å². The maximum Gasteiger partial charge on any atom is 0.0399 e. The predicted octanol–water partition coefficient (Wildman–Crippen LogP) is 4.85. The van der Waals surface area contributed by atoms with Gasteiger partial charge in [0.15, 0.2) is 0 Å². The van der Waals surface area contributed by atoms with Crippen molar-refractivity contribution in [1.82, 2.24) is 4.90 Å². The third-order valence-electron chi connectivity index (χ3n) is 6.03. The Bertz CT molecular complexity index is 474. The first-order chi connectivity index (χ1) is 11.3. The van der Waals surface area contributed by atoms with E-state index in [9.17, 15) is 0 Å². The largest absolute Gasteiger partial charge is 0.374 e. The summed E-state index contributed by atoms with van der Waals surface area (Å²) in [5.74, 6) is 0.787. The quantitative estimate of drug-likeness (QED) is 0.710. The number of benzene rings is 1. The molecule has 1 radical (unpaired) electrons. The van der Waals surface area contributed by atoms with Crippen molar-refractivity contribution in [3.8, 4) is 0 Å². The van der Waals surface area contributed by atoms with Crippen molar-refractivity contribution in [3.05, 3.63) is 29.8 Å². The van der Waals surface area contributed by atoms with Crippen molar-refractivity contribution in [2.45, 2.75) is 69.7 Å². The van der Waals surface area contributed by atoms with E-state index in [1.165, 1.54) is 75.6 Å². The summed E-state index contributed by atoms with van der Waals surface area (Å²) in [6.07, 6.45) is 12.5. The maximum atomic E-state index is 3.29. The zero-order valence-electron chi connectivity index (χ0n) is 15.1. The summed E-state index contributed by atoms with van der Waals surface area (Å²) < 4.78 is 0. The third-order valence-corrected chi connectivity index (χ3v) is 6.03. The molecule has 2 aliphatic rings. The van der Waals surface area contributed by atoms with Crippen molar-refractivity contribution in [3.63, 3.8) is 0 Å². The monoisotopic (exact) mass is 313 g/mol. The van der Waals surface area contributed by atoms with Gasteiger partial charge in [-0.05, 0) is 75.4 Å².